The van der Waals surface area contributed by atoms with E-state index in [1.165, 1.54) is 11.1 Å². The number of amides is 1. The molecule has 3 aromatic rings. The molecule has 4 nitrogen and oxygen atoms in total. The van der Waals surface area contributed by atoms with Crippen LogP contribution in [0.25, 0.3) is 0 Å². The van der Waals surface area contributed by atoms with Gasteiger partial charge < -0.3 is 10.1 Å². The van der Waals surface area contributed by atoms with Crippen LogP contribution in [0.3, 0.4) is 0 Å². The Balaban J connectivity index is 1.65. The van der Waals surface area contributed by atoms with Gasteiger partial charge in [0.2, 0.25) is 0 Å². The van der Waals surface area contributed by atoms with Crippen LogP contribution >= 0.6 is 0 Å². The minimum Gasteiger partial charge on any atom is -0.483 e. The molecule has 1 N–H and O–H groups in total. The van der Waals surface area contributed by atoms with Crippen molar-refractivity contribution in [1.29, 1.82) is 0 Å². The SMILES string of the molecule is Cc1ccc(N=Cc2ccccc2OCC(=O)Nc2ccccc2)cc1C. The van der Waals surface area contributed by atoms with Gasteiger partial charge in [-0.2, -0.15) is 0 Å². The van der Waals surface area contributed by atoms with E-state index in [1.807, 2.05) is 66.7 Å². The van der Waals surface area contributed by atoms with E-state index in [-0.39, 0.29) is 12.5 Å². The van der Waals surface area contributed by atoms with Gasteiger partial charge in [-0.25, -0.2) is 0 Å². The van der Waals surface area contributed by atoms with E-state index in [0.29, 0.717) is 5.75 Å². The number of benzene rings is 3. The number of rotatable bonds is 6. The fraction of sp³-hybridized carbons (Fsp3) is 0.130. The third-order valence-electron chi connectivity index (χ3n) is 4.18. The van der Waals surface area contributed by atoms with Gasteiger partial charge in [-0.15, -0.1) is 0 Å². The van der Waals surface area contributed by atoms with Crippen molar-refractivity contribution < 1.29 is 9.53 Å². The molecular weight excluding hydrogens is 336 g/mol. The maximum Gasteiger partial charge on any atom is 0.262 e. The molecule has 0 aliphatic heterocycles. The first-order valence-electron chi connectivity index (χ1n) is 8.80. The summed E-state index contributed by atoms with van der Waals surface area (Å²) in [4.78, 5) is 16.6. The number of carbonyl (C=O) groups is 1. The van der Waals surface area contributed by atoms with E-state index in [0.717, 1.165) is 16.9 Å². The first-order valence-corrected chi connectivity index (χ1v) is 8.80. The molecular formula is C23H22N2O2. The highest BCUT2D eigenvalue weighted by atomic mass is 16.5. The van der Waals surface area contributed by atoms with Gasteiger partial charge in [-0.3, -0.25) is 9.79 Å². The zero-order valence-electron chi connectivity index (χ0n) is 15.5. The molecule has 136 valence electrons. The monoisotopic (exact) mass is 358 g/mol. The predicted octanol–water partition coefficient (Wildman–Crippen LogP) is 5.07. The highest BCUT2D eigenvalue weighted by Gasteiger charge is 2.06. The Kier molecular flexibility index (Phi) is 6.00. The van der Waals surface area contributed by atoms with E-state index >= 15 is 0 Å². The highest BCUT2D eigenvalue weighted by Crippen LogP contribution is 2.20. The smallest absolute Gasteiger partial charge is 0.262 e. The van der Waals surface area contributed by atoms with Crippen LogP contribution in [0.1, 0.15) is 16.7 Å². The Bertz CT molecular complexity index is 950. The number of nitrogens with one attached hydrogen (secondary N) is 1. The van der Waals surface area contributed by atoms with E-state index < -0.39 is 0 Å². The second kappa shape index (κ2) is 8.81. The molecule has 0 aromatic heterocycles. The fourth-order valence-corrected chi connectivity index (χ4v) is 2.53. The molecule has 0 fully saturated rings. The first-order chi connectivity index (χ1) is 13.1. The average Bonchev–Trinajstić information content (AvgIpc) is 2.69. The molecule has 3 rings (SSSR count). The van der Waals surface area contributed by atoms with Gasteiger partial charge in [0.1, 0.15) is 5.75 Å². The number of ether oxygens (including phenoxy) is 1. The standard InChI is InChI=1S/C23H22N2O2/c1-17-12-13-21(14-18(17)2)24-15-19-8-6-7-11-22(19)27-16-23(26)25-20-9-4-3-5-10-20/h3-15H,16H2,1-2H3,(H,25,26). The van der Waals surface area contributed by atoms with Crippen LogP contribution in [-0.2, 0) is 4.79 Å². The fourth-order valence-electron chi connectivity index (χ4n) is 2.53. The number of aliphatic imine (C=N–C) groups is 1. The predicted molar refractivity (Wildman–Crippen MR) is 110 cm³/mol. The lowest BCUT2D eigenvalue weighted by molar-refractivity contribution is -0.118. The zero-order chi connectivity index (χ0) is 19.1. The van der Waals surface area contributed by atoms with E-state index in [9.17, 15) is 4.79 Å². The molecule has 0 heterocycles. The quantitative estimate of drug-likeness (QED) is 0.625. The third-order valence-corrected chi connectivity index (χ3v) is 4.18. The largest absolute Gasteiger partial charge is 0.483 e. The van der Waals surface area contributed by atoms with Crippen LogP contribution in [0.5, 0.6) is 5.75 Å². The van der Waals surface area contributed by atoms with Crippen LogP contribution in [-0.4, -0.2) is 18.7 Å². The summed E-state index contributed by atoms with van der Waals surface area (Å²) in [5, 5.41) is 2.80. The molecule has 0 unspecified atom stereocenters. The Morgan fingerprint density at radius 2 is 1.70 bits per heavy atom. The van der Waals surface area contributed by atoms with Crippen LogP contribution in [0.4, 0.5) is 11.4 Å². The summed E-state index contributed by atoms with van der Waals surface area (Å²) in [5.41, 5.74) is 4.89. The normalized spacial score (nSPS) is 10.7. The molecule has 0 saturated heterocycles. The number of hydrogen-bond acceptors (Lipinski definition) is 3. The molecule has 3 aromatic carbocycles. The molecule has 4 heteroatoms. The van der Waals surface area contributed by atoms with Crippen molar-refractivity contribution in [2.75, 3.05) is 11.9 Å². The van der Waals surface area contributed by atoms with Gasteiger partial charge in [0.05, 0.1) is 5.69 Å². The van der Waals surface area contributed by atoms with Crippen molar-refractivity contribution in [3.63, 3.8) is 0 Å². The molecule has 0 aliphatic carbocycles. The maximum absolute atomic E-state index is 12.1. The van der Waals surface area contributed by atoms with Gasteiger partial charge in [-0.1, -0.05) is 36.4 Å². The number of hydrogen-bond donors (Lipinski definition) is 1. The molecule has 0 saturated carbocycles. The lowest BCUT2D eigenvalue weighted by Gasteiger charge is -2.09. The highest BCUT2D eigenvalue weighted by molar-refractivity contribution is 5.92. The molecule has 0 radical (unpaired) electrons. The maximum atomic E-state index is 12.1. The summed E-state index contributed by atoms with van der Waals surface area (Å²) >= 11 is 0. The number of anilines is 1. The summed E-state index contributed by atoms with van der Waals surface area (Å²) < 4.78 is 5.70. The Morgan fingerprint density at radius 1 is 0.963 bits per heavy atom. The lowest BCUT2D eigenvalue weighted by atomic mass is 10.1. The van der Waals surface area contributed by atoms with Crippen molar-refractivity contribution >= 4 is 23.5 Å². The van der Waals surface area contributed by atoms with Crippen LogP contribution in [0.2, 0.25) is 0 Å². The zero-order valence-corrected chi connectivity index (χ0v) is 15.5. The van der Waals surface area contributed by atoms with Crippen molar-refractivity contribution in [2.24, 2.45) is 4.99 Å². The second-order valence-corrected chi connectivity index (χ2v) is 6.27. The van der Waals surface area contributed by atoms with E-state index in [2.05, 4.69) is 30.2 Å². The number of nitrogens with zero attached hydrogens (tertiary/aromatic N) is 1. The summed E-state index contributed by atoms with van der Waals surface area (Å²) in [6.45, 7) is 4.08. The van der Waals surface area contributed by atoms with Gasteiger partial charge >= 0.3 is 0 Å². The van der Waals surface area contributed by atoms with Gasteiger partial charge in [0, 0.05) is 17.5 Å². The summed E-state index contributed by atoms with van der Waals surface area (Å²) in [6.07, 6.45) is 1.76. The molecule has 0 atom stereocenters. The minimum absolute atomic E-state index is 0.0661. The number of para-hydroxylation sites is 2. The summed E-state index contributed by atoms with van der Waals surface area (Å²) in [6, 6.07) is 22.9. The summed E-state index contributed by atoms with van der Waals surface area (Å²) in [5.74, 6) is 0.412. The number of aryl methyl sites for hydroxylation is 2. The van der Waals surface area contributed by atoms with Crippen LogP contribution in [0.15, 0.2) is 77.8 Å². The summed E-state index contributed by atoms with van der Waals surface area (Å²) in [7, 11) is 0. The van der Waals surface area contributed by atoms with Crippen molar-refractivity contribution in [3.05, 3.63) is 89.5 Å². The van der Waals surface area contributed by atoms with Gasteiger partial charge in [-0.05, 0) is 61.4 Å². The van der Waals surface area contributed by atoms with Crippen LogP contribution in [0, 0.1) is 13.8 Å². The minimum atomic E-state index is -0.206. The Labute approximate surface area is 159 Å². The third kappa shape index (κ3) is 5.28. The van der Waals surface area contributed by atoms with E-state index in [4.69, 9.17) is 4.74 Å². The van der Waals surface area contributed by atoms with Gasteiger partial charge in [0.15, 0.2) is 6.61 Å². The van der Waals surface area contributed by atoms with Crippen molar-refractivity contribution in [2.45, 2.75) is 13.8 Å². The van der Waals surface area contributed by atoms with Crippen molar-refractivity contribution in [3.8, 4) is 5.75 Å². The molecule has 0 bridgehead atoms. The molecule has 1 amide bonds. The van der Waals surface area contributed by atoms with Gasteiger partial charge in [0.25, 0.3) is 5.91 Å². The molecule has 27 heavy (non-hydrogen) atoms. The first kappa shape index (κ1) is 18.4. The second-order valence-electron chi connectivity index (χ2n) is 6.27. The average molecular weight is 358 g/mol. The van der Waals surface area contributed by atoms with Crippen LogP contribution < -0.4 is 10.1 Å². The van der Waals surface area contributed by atoms with Crippen molar-refractivity contribution in [1.82, 2.24) is 0 Å². The Morgan fingerprint density at radius 3 is 2.48 bits per heavy atom. The Hall–Kier alpha value is -3.40. The molecule has 0 spiro atoms. The molecule has 0 aliphatic rings. The topological polar surface area (TPSA) is 50.7 Å². The lowest BCUT2D eigenvalue weighted by Crippen LogP contribution is -2.20. The van der Waals surface area contributed by atoms with E-state index in [1.54, 1.807) is 6.21 Å². The number of carbonyl (C=O) groups excluding carboxylic acids is 1.